The first kappa shape index (κ1) is 17.0. The Morgan fingerprint density at radius 2 is 1.70 bits per heavy atom. The number of aryl methyl sites for hydroxylation is 1. The van der Waals surface area contributed by atoms with Gasteiger partial charge in [0.1, 0.15) is 12.4 Å². The highest BCUT2D eigenvalue weighted by Crippen LogP contribution is 2.16. The fraction of sp³-hybridized carbons (Fsp3) is 0.200. The first-order valence-electron chi connectivity index (χ1n) is 8.89. The Kier molecular flexibility index (Phi) is 4.42. The minimum absolute atomic E-state index is 0.0965. The molecule has 0 saturated heterocycles. The summed E-state index contributed by atoms with van der Waals surface area (Å²) in [7, 11) is 0. The molecule has 1 N–H and O–H groups in total. The number of hydrogen-bond donors (Lipinski definition) is 1. The number of fused-ring (bicyclic) bond motifs is 3. The zero-order valence-corrected chi connectivity index (χ0v) is 14.9. The molecule has 0 aliphatic carbocycles. The van der Waals surface area contributed by atoms with Gasteiger partial charge < -0.3 is 5.32 Å². The Morgan fingerprint density at radius 1 is 1.00 bits per heavy atom. The maximum atomic E-state index is 13.0. The average Bonchev–Trinajstić information content (AvgIpc) is 3.10. The maximum absolute atomic E-state index is 13.0. The molecule has 0 unspecified atom stereocenters. The molecule has 0 aliphatic heterocycles. The summed E-state index contributed by atoms with van der Waals surface area (Å²) < 4.78 is 3.25. The topological polar surface area (TPSA) is 81.3 Å². The van der Waals surface area contributed by atoms with Gasteiger partial charge in [0.15, 0.2) is 0 Å². The quantitative estimate of drug-likeness (QED) is 0.592. The summed E-state index contributed by atoms with van der Waals surface area (Å²) >= 11 is 0. The number of benzene rings is 2. The van der Waals surface area contributed by atoms with Crippen molar-refractivity contribution in [3.63, 3.8) is 0 Å². The standard InChI is InChI=1S/C20H19N5O2/c1-2-8-17-22-23-19-20(27)24(15-11-6-7-12-16(15)25(17)19)13-18(26)21-14-9-4-3-5-10-14/h3-7,9-12H,2,8,13H2,1H3,(H,21,26). The van der Waals surface area contributed by atoms with Crippen molar-refractivity contribution in [2.45, 2.75) is 26.3 Å². The maximum Gasteiger partial charge on any atom is 0.297 e. The zero-order chi connectivity index (χ0) is 18.8. The summed E-state index contributed by atoms with van der Waals surface area (Å²) in [5.41, 5.74) is 2.09. The SMILES string of the molecule is CCCc1nnc2c(=O)n(CC(=O)Nc3ccccc3)c3ccccc3n12. The van der Waals surface area contributed by atoms with Crippen molar-refractivity contribution < 1.29 is 4.79 Å². The molecule has 1 amide bonds. The molecule has 7 nitrogen and oxygen atoms in total. The molecule has 4 rings (SSSR count). The van der Waals surface area contributed by atoms with Crippen LogP contribution in [0.4, 0.5) is 5.69 Å². The van der Waals surface area contributed by atoms with Crippen LogP contribution in [0.1, 0.15) is 19.2 Å². The van der Waals surface area contributed by atoms with Crippen LogP contribution in [0.3, 0.4) is 0 Å². The number of hydrogen-bond acceptors (Lipinski definition) is 4. The fourth-order valence-electron chi connectivity index (χ4n) is 3.23. The lowest BCUT2D eigenvalue weighted by Gasteiger charge is -2.12. The molecule has 0 radical (unpaired) electrons. The zero-order valence-electron chi connectivity index (χ0n) is 14.9. The van der Waals surface area contributed by atoms with E-state index in [1.165, 1.54) is 4.57 Å². The van der Waals surface area contributed by atoms with Gasteiger partial charge in [0.2, 0.25) is 11.6 Å². The van der Waals surface area contributed by atoms with Crippen LogP contribution < -0.4 is 10.9 Å². The highest BCUT2D eigenvalue weighted by Gasteiger charge is 2.17. The molecule has 0 aliphatic rings. The van der Waals surface area contributed by atoms with E-state index < -0.39 is 0 Å². The Balaban J connectivity index is 1.81. The van der Waals surface area contributed by atoms with E-state index in [1.807, 2.05) is 42.5 Å². The molecule has 0 bridgehead atoms. The lowest BCUT2D eigenvalue weighted by molar-refractivity contribution is -0.116. The highest BCUT2D eigenvalue weighted by molar-refractivity contribution is 5.91. The molecule has 0 spiro atoms. The minimum Gasteiger partial charge on any atom is -0.325 e. The van der Waals surface area contributed by atoms with Crippen molar-refractivity contribution in [2.24, 2.45) is 0 Å². The first-order chi connectivity index (χ1) is 13.2. The second-order valence-electron chi connectivity index (χ2n) is 6.32. The third kappa shape index (κ3) is 3.08. The molecule has 4 aromatic rings. The van der Waals surface area contributed by atoms with Gasteiger partial charge in [-0.2, -0.15) is 0 Å². The van der Waals surface area contributed by atoms with Gasteiger partial charge in [0, 0.05) is 12.1 Å². The van der Waals surface area contributed by atoms with Crippen LogP contribution in [0.25, 0.3) is 16.7 Å². The molecule has 0 fully saturated rings. The van der Waals surface area contributed by atoms with Crippen molar-refractivity contribution >= 4 is 28.3 Å². The number of nitrogens with one attached hydrogen (secondary N) is 1. The second-order valence-corrected chi connectivity index (χ2v) is 6.32. The van der Waals surface area contributed by atoms with Gasteiger partial charge in [-0.3, -0.25) is 18.6 Å². The van der Waals surface area contributed by atoms with Gasteiger partial charge in [0.05, 0.1) is 11.0 Å². The normalized spacial score (nSPS) is 11.1. The van der Waals surface area contributed by atoms with E-state index in [4.69, 9.17) is 0 Å². The number of nitrogens with zero attached hydrogens (tertiary/aromatic N) is 4. The van der Waals surface area contributed by atoms with Crippen molar-refractivity contribution in [3.05, 3.63) is 70.8 Å². The highest BCUT2D eigenvalue weighted by atomic mass is 16.2. The van der Waals surface area contributed by atoms with Crippen molar-refractivity contribution in [2.75, 3.05) is 5.32 Å². The second kappa shape index (κ2) is 7.03. The van der Waals surface area contributed by atoms with Gasteiger partial charge in [0.25, 0.3) is 5.56 Å². The molecule has 0 atom stereocenters. The number of carbonyl (C=O) groups excluding carboxylic acids is 1. The van der Waals surface area contributed by atoms with Gasteiger partial charge in [-0.05, 0) is 30.7 Å². The van der Waals surface area contributed by atoms with E-state index >= 15 is 0 Å². The van der Waals surface area contributed by atoms with Gasteiger partial charge in [-0.25, -0.2) is 0 Å². The van der Waals surface area contributed by atoms with E-state index in [-0.39, 0.29) is 23.7 Å². The molecule has 2 heterocycles. The number of carbonyl (C=O) groups is 1. The van der Waals surface area contributed by atoms with Crippen LogP contribution in [0.5, 0.6) is 0 Å². The number of amides is 1. The predicted molar refractivity (Wildman–Crippen MR) is 104 cm³/mol. The van der Waals surface area contributed by atoms with E-state index in [1.54, 1.807) is 16.5 Å². The van der Waals surface area contributed by atoms with E-state index in [9.17, 15) is 9.59 Å². The van der Waals surface area contributed by atoms with Crippen molar-refractivity contribution in [3.8, 4) is 0 Å². The smallest absolute Gasteiger partial charge is 0.297 e. The van der Waals surface area contributed by atoms with Gasteiger partial charge in [-0.1, -0.05) is 37.3 Å². The summed E-state index contributed by atoms with van der Waals surface area (Å²) in [5, 5.41) is 11.1. The van der Waals surface area contributed by atoms with Crippen molar-refractivity contribution in [1.82, 2.24) is 19.2 Å². The van der Waals surface area contributed by atoms with Crippen LogP contribution in [-0.2, 0) is 17.8 Å². The van der Waals surface area contributed by atoms with Crippen LogP contribution in [0.2, 0.25) is 0 Å². The third-order valence-electron chi connectivity index (χ3n) is 4.41. The Labute approximate surface area is 155 Å². The minimum atomic E-state index is -0.327. The molecule has 7 heteroatoms. The Hall–Kier alpha value is -3.48. The Bertz CT molecular complexity index is 1180. The number of para-hydroxylation sites is 3. The number of rotatable bonds is 5. The van der Waals surface area contributed by atoms with E-state index in [2.05, 4.69) is 22.4 Å². The molecule has 2 aromatic carbocycles. The third-order valence-corrected chi connectivity index (χ3v) is 4.41. The molecular weight excluding hydrogens is 342 g/mol. The van der Waals surface area contributed by atoms with Crippen LogP contribution in [0.15, 0.2) is 59.4 Å². The molecular formula is C20H19N5O2. The number of anilines is 1. The number of aromatic nitrogens is 4. The summed E-state index contributed by atoms with van der Waals surface area (Å²) in [6.45, 7) is 1.96. The summed E-state index contributed by atoms with van der Waals surface area (Å²) in [5.74, 6) is 0.479. The summed E-state index contributed by atoms with van der Waals surface area (Å²) in [6.07, 6.45) is 1.63. The fourth-order valence-corrected chi connectivity index (χ4v) is 3.23. The van der Waals surface area contributed by atoms with Crippen molar-refractivity contribution in [1.29, 1.82) is 0 Å². The Morgan fingerprint density at radius 3 is 2.44 bits per heavy atom. The van der Waals surface area contributed by atoms with Gasteiger partial charge >= 0.3 is 0 Å². The van der Waals surface area contributed by atoms with Crippen LogP contribution >= 0.6 is 0 Å². The summed E-state index contributed by atoms with van der Waals surface area (Å²) in [4.78, 5) is 25.5. The lowest BCUT2D eigenvalue weighted by atomic mass is 10.2. The van der Waals surface area contributed by atoms with Gasteiger partial charge in [-0.15, -0.1) is 10.2 Å². The summed E-state index contributed by atoms with van der Waals surface area (Å²) in [6, 6.07) is 16.7. The average molecular weight is 361 g/mol. The predicted octanol–water partition coefficient (Wildman–Crippen LogP) is 2.64. The van der Waals surface area contributed by atoms with E-state index in [0.29, 0.717) is 11.2 Å². The molecule has 136 valence electrons. The lowest BCUT2D eigenvalue weighted by Crippen LogP contribution is -2.29. The monoisotopic (exact) mass is 361 g/mol. The molecule has 27 heavy (non-hydrogen) atoms. The van der Waals surface area contributed by atoms with E-state index in [0.717, 1.165) is 24.2 Å². The first-order valence-corrected chi connectivity index (χ1v) is 8.89. The van der Waals surface area contributed by atoms with Crippen LogP contribution in [-0.4, -0.2) is 25.1 Å². The largest absolute Gasteiger partial charge is 0.325 e. The molecule has 0 saturated carbocycles. The van der Waals surface area contributed by atoms with Crippen LogP contribution in [0, 0.1) is 0 Å². The molecule has 2 aromatic heterocycles.